The predicted octanol–water partition coefficient (Wildman–Crippen LogP) is 5.25. The molecule has 1 aromatic heterocycles. The highest BCUT2D eigenvalue weighted by atomic mass is 19.4. The van der Waals surface area contributed by atoms with Crippen molar-refractivity contribution < 1.29 is 27.1 Å². The maximum absolute atomic E-state index is 13.1. The van der Waals surface area contributed by atoms with Gasteiger partial charge in [-0.1, -0.05) is 18.2 Å². The lowest BCUT2D eigenvalue weighted by Crippen LogP contribution is -2.23. The summed E-state index contributed by atoms with van der Waals surface area (Å²) in [6, 6.07) is 12.1. The third kappa shape index (κ3) is 4.12. The highest BCUT2D eigenvalue weighted by Gasteiger charge is 2.31. The minimum absolute atomic E-state index is 0.137. The SMILES string of the molecule is Cc1cc(-c2ccc(F)nc2)cc2c1C(=O)N(Cc1ccc(OC(F)(F)F)cc1)C2. The summed E-state index contributed by atoms with van der Waals surface area (Å²) in [5.74, 6) is -1.01. The van der Waals surface area contributed by atoms with Gasteiger partial charge in [0.25, 0.3) is 5.91 Å². The van der Waals surface area contributed by atoms with E-state index < -0.39 is 12.3 Å². The fraction of sp³-hybridized carbons (Fsp3) is 0.182. The van der Waals surface area contributed by atoms with Crippen molar-refractivity contribution in [3.8, 4) is 16.9 Å². The van der Waals surface area contributed by atoms with E-state index in [1.54, 1.807) is 11.0 Å². The number of aryl methyl sites for hydroxylation is 1. The topological polar surface area (TPSA) is 42.4 Å². The molecule has 0 aliphatic carbocycles. The van der Waals surface area contributed by atoms with E-state index in [0.717, 1.165) is 22.3 Å². The first kappa shape index (κ1) is 19.9. The molecule has 2 heterocycles. The summed E-state index contributed by atoms with van der Waals surface area (Å²) in [5, 5.41) is 0. The molecule has 2 aromatic carbocycles. The highest BCUT2D eigenvalue weighted by Crippen LogP contribution is 2.32. The number of nitrogens with zero attached hydrogens (tertiary/aromatic N) is 2. The number of carbonyl (C=O) groups is 1. The first-order valence-corrected chi connectivity index (χ1v) is 9.09. The van der Waals surface area contributed by atoms with E-state index in [1.807, 2.05) is 19.1 Å². The van der Waals surface area contributed by atoms with Crippen molar-refractivity contribution in [1.82, 2.24) is 9.88 Å². The van der Waals surface area contributed by atoms with Crippen molar-refractivity contribution in [2.24, 2.45) is 0 Å². The largest absolute Gasteiger partial charge is 0.573 e. The molecule has 1 aliphatic rings. The second-order valence-corrected chi connectivity index (χ2v) is 7.05. The van der Waals surface area contributed by atoms with Gasteiger partial charge in [0.1, 0.15) is 5.75 Å². The van der Waals surface area contributed by atoms with Gasteiger partial charge in [-0.3, -0.25) is 4.79 Å². The van der Waals surface area contributed by atoms with Gasteiger partial charge < -0.3 is 9.64 Å². The number of fused-ring (bicyclic) bond motifs is 1. The van der Waals surface area contributed by atoms with Gasteiger partial charge in [-0.05, 0) is 59.5 Å². The Labute approximate surface area is 169 Å². The van der Waals surface area contributed by atoms with Crippen molar-refractivity contribution in [2.45, 2.75) is 26.4 Å². The van der Waals surface area contributed by atoms with Crippen molar-refractivity contribution in [3.05, 3.63) is 82.9 Å². The number of amides is 1. The number of hydrogen-bond donors (Lipinski definition) is 0. The fourth-order valence-electron chi connectivity index (χ4n) is 3.58. The molecule has 1 aliphatic heterocycles. The van der Waals surface area contributed by atoms with E-state index in [0.29, 0.717) is 17.7 Å². The summed E-state index contributed by atoms with van der Waals surface area (Å²) in [7, 11) is 0. The maximum atomic E-state index is 13.1. The zero-order valence-electron chi connectivity index (χ0n) is 15.8. The number of rotatable bonds is 4. The van der Waals surface area contributed by atoms with Crippen LogP contribution in [0.4, 0.5) is 17.6 Å². The van der Waals surface area contributed by atoms with E-state index in [4.69, 9.17) is 0 Å². The summed E-state index contributed by atoms with van der Waals surface area (Å²) < 4.78 is 53.8. The van der Waals surface area contributed by atoms with E-state index >= 15 is 0 Å². The molecular weight excluding hydrogens is 400 g/mol. The first-order chi connectivity index (χ1) is 14.2. The van der Waals surface area contributed by atoms with Crippen molar-refractivity contribution in [3.63, 3.8) is 0 Å². The van der Waals surface area contributed by atoms with Crippen molar-refractivity contribution >= 4 is 5.91 Å². The van der Waals surface area contributed by atoms with Gasteiger partial charge in [0.2, 0.25) is 5.95 Å². The quantitative estimate of drug-likeness (QED) is 0.431. The van der Waals surface area contributed by atoms with Crippen LogP contribution in [-0.4, -0.2) is 22.2 Å². The second kappa shape index (κ2) is 7.44. The number of hydrogen-bond acceptors (Lipinski definition) is 3. The fourth-order valence-corrected chi connectivity index (χ4v) is 3.58. The zero-order chi connectivity index (χ0) is 21.5. The van der Waals surface area contributed by atoms with E-state index in [2.05, 4.69) is 9.72 Å². The van der Waals surface area contributed by atoms with E-state index in [-0.39, 0.29) is 18.2 Å². The molecule has 0 atom stereocenters. The Bertz CT molecular complexity index is 1090. The molecule has 0 unspecified atom stereocenters. The van der Waals surface area contributed by atoms with Gasteiger partial charge in [-0.2, -0.15) is 4.39 Å². The Morgan fingerprint density at radius 1 is 1.07 bits per heavy atom. The summed E-state index contributed by atoms with van der Waals surface area (Å²) in [6.07, 6.45) is -3.31. The molecule has 0 N–H and O–H groups in total. The van der Waals surface area contributed by atoms with Gasteiger partial charge in [-0.25, -0.2) is 4.98 Å². The number of carbonyl (C=O) groups excluding carboxylic acids is 1. The number of aromatic nitrogens is 1. The molecule has 0 spiro atoms. The van der Waals surface area contributed by atoms with Gasteiger partial charge in [0, 0.05) is 30.4 Å². The van der Waals surface area contributed by atoms with Gasteiger partial charge >= 0.3 is 6.36 Å². The van der Waals surface area contributed by atoms with Crippen LogP contribution in [0.25, 0.3) is 11.1 Å². The van der Waals surface area contributed by atoms with Gasteiger partial charge in [0.15, 0.2) is 0 Å². The molecule has 0 fully saturated rings. The van der Waals surface area contributed by atoms with Crippen LogP contribution in [-0.2, 0) is 13.1 Å². The van der Waals surface area contributed by atoms with Crippen LogP contribution in [0.15, 0.2) is 54.7 Å². The zero-order valence-corrected chi connectivity index (χ0v) is 15.8. The molecule has 0 saturated heterocycles. The average Bonchev–Trinajstić information content (AvgIpc) is 2.98. The minimum atomic E-state index is -4.75. The third-order valence-corrected chi connectivity index (χ3v) is 4.87. The summed E-state index contributed by atoms with van der Waals surface area (Å²) in [6.45, 7) is 2.47. The Balaban J connectivity index is 1.53. The molecule has 4 nitrogen and oxygen atoms in total. The molecule has 0 bridgehead atoms. The second-order valence-electron chi connectivity index (χ2n) is 7.05. The molecule has 4 rings (SSSR count). The summed E-state index contributed by atoms with van der Waals surface area (Å²) in [5.41, 5.74) is 4.53. The monoisotopic (exact) mass is 416 g/mol. The number of benzene rings is 2. The van der Waals surface area contributed by atoms with Crippen molar-refractivity contribution in [1.29, 1.82) is 0 Å². The third-order valence-electron chi connectivity index (χ3n) is 4.87. The number of ether oxygens (including phenoxy) is 1. The standard InChI is InChI=1S/C22H16F4N2O2/c1-13-8-16(15-4-7-19(23)27-10-15)9-17-12-28(21(29)20(13)17)11-14-2-5-18(6-3-14)30-22(24,25)26/h2-10H,11-12H2,1H3. The Kier molecular flexibility index (Phi) is 4.93. The van der Waals surface area contributed by atoms with Crippen LogP contribution in [0.5, 0.6) is 5.75 Å². The van der Waals surface area contributed by atoms with Crippen LogP contribution in [0.1, 0.15) is 27.0 Å². The van der Waals surface area contributed by atoms with E-state index in [9.17, 15) is 22.4 Å². The van der Waals surface area contributed by atoms with Crippen LogP contribution < -0.4 is 4.74 Å². The van der Waals surface area contributed by atoms with Crippen LogP contribution in [0.3, 0.4) is 0 Å². The normalized spacial score (nSPS) is 13.5. The Hall–Kier alpha value is -3.42. The lowest BCUT2D eigenvalue weighted by Gasteiger charge is -2.16. The predicted molar refractivity (Wildman–Crippen MR) is 101 cm³/mol. The minimum Gasteiger partial charge on any atom is -0.406 e. The summed E-state index contributed by atoms with van der Waals surface area (Å²) in [4.78, 5) is 18.2. The van der Waals surface area contributed by atoms with Crippen LogP contribution in [0, 0.1) is 12.9 Å². The van der Waals surface area contributed by atoms with Gasteiger partial charge in [-0.15, -0.1) is 13.2 Å². The molecule has 30 heavy (non-hydrogen) atoms. The average molecular weight is 416 g/mol. The van der Waals surface area contributed by atoms with Crippen molar-refractivity contribution in [2.75, 3.05) is 0 Å². The summed E-state index contributed by atoms with van der Waals surface area (Å²) >= 11 is 0. The molecule has 1 amide bonds. The first-order valence-electron chi connectivity index (χ1n) is 9.09. The molecular formula is C22H16F4N2O2. The molecule has 3 aromatic rings. The molecule has 154 valence electrons. The van der Waals surface area contributed by atoms with Gasteiger partial charge in [0.05, 0.1) is 0 Å². The number of alkyl halides is 3. The van der Waals surface area contributed by atoms with Crippen LogP contribution >= 0.6 is 0 Å². The van der Waals surface area contributed by atoms with E-state index in [1.165, 1.54) is 36.5 Å². The highest BCUT2D eigenvalue weighted by molar-refractivity contribution is 6.00. The maximum Gasteiger partial charge on any atom is 0.573 e. The number of halogens is 4. The lowest BCUT2D eigenvalue weighted by atomic mass is 9.97. The van der Waals surface area contributed by atoms with Crippen LogP contribution in [0.2, 0.25) is 0 Å². The smallest absolute Gasteiger partial charge is 0.406 e. The molecule has 8 heteroatoms. The Morgan fingerprint density at radius 2 is 1.80 bits per heavy atom. The molecule has 0 radical (unpaired) electrons. The Morgan fingerprint density at radius 3 is 2.43 bits per heavy atom. The number of pyridine rings is 1. The lowest BCUT2D eigenvalue weighted by molar-refractivity contribution is -0.274. The molecule has 0 saturated carbocycles.